The first-order chi connectivity index (χ1) is 9.23. The Hall–Kier alpha value is -2.35. The summed E-state index contributed by atoms with van der Waals surface area (Å²) in [4.78, 5) is 32.3. The molecule has 20 heavy (non-hydrogen) atoms. The lowest BCUT2D eigenvalue weighted by Gasteiger charge is -2.04. The van der Waals surface area contributed by atoms with Crippen LogP contribution in [0.1, 0.15) is 13.8 Å². The van der Waals surface area contributed by atoms with E-state index in [2.05, 4.69) is 10.2 Å². The SMILES string of the molecule is CC(=O)C(N=Nc1cc([N+](=O)[O-])cc(Cl)c1O)C(C)=O. The van der Waals surface area contributed by atoms with E-state index in [4.69, 9.17) is 11.6 Å². The summed E-state index contributed by atoms with van der Waals surface area (Å²) in [5.74, 6) is -1.58. The maximum absolute atomic E-state index is 11.2. The van der Waals surface area contributed by atoms with Gasteiger partial charge in [-0.2, -0.15) is 10.2 Å². The number of nitro benzene ring substituents is 1. The second-order valence-corrected chi connectivity index (χ2v) is 4.30. The molecule has 0 aliphatic heterocycles. The summed E-state index contributed by atoms with van der Waals surface area (Å²) >= 11 is 5.61. The number of halogens is 1. The number of phenolic OH excluding ortho intramolecular Hbond substituents is 1. The summed E-state index contributed by atoms with van der Waals surface area (Å²) < 4.78 is 0. The highest BCUT2D eigenvalue weighted by molar-refractivity contribution is 6.32. The summed E-state index contributed by atoms with van der Waals surface area (Å²) in [5.41, 5.74) is -0.694. The minimum Gasteiger partial charge on any atom is -0.504 e. The number of carbonyl (C=O) groups is 2. The lowest BCUT2D eigenvalue weighted by atomic mass is 10.1. The summed E-state index contributed by atoms with van der Waals surface area (Å²) in [5, 5.41) is 27.0. The Kier molecular flexibility index (Phi) is 4.87. The number of hydrogen-bond donors (Lipinski definition) is 1. The van der Waals surface area contributed by atoms with Crippen molar-refractivity contribution in [1.82, 2.24) is 0 Å². The zero-order valence-electron chi connectivity index (χ0n) is 10.5. The number of nitro groups is 1. The van der Waals surface area contributed by atoms with E-state index >= 15 is 0 Å². The number of non-ortho nitro benzene ring substituents is 1. The van der Waals surface area contributed by atoms with Crippen LogP contribution in [-0.2, 0) is 9.59 Å². The molecule has 0 radical (unpaired) electrons. The predicted molar refractivity (Wildman–Crippen MR) is 69.4 cm³/mol. The summed E-state index contributed by atoms with van der Waals surface area (Å²) in [7, 11) is 0. The molecular weight excluding hydrogens is 290 g/mol. The highest BCUT2D eigenvalue weighted by Crippen LogP contribution is 2.38. The molecule has 1 N–H and O–H groups in total. The quantitative estimate of drug-likeness (QED) is 0.387. The Bertz CT molecular complexity index is 600. The van der Waals surface area contributed by atoms with E-state index in [-0.39, 0.29) is 10.7 Å². The molecule has 0 saturated carbocycles. The Morgan fingerprint density at radius 2 is 1.90 bits per heavy atom. The van der Waals surface area contributed by atoms with Gasteiger partial charge < -0.3 is 5.11 Å². The number of nitrogens with zero attached hydrogens (tertiary/aromatic N) is 3. The number of benzene rings is 1. The first kappa shape index (κ1) is 15.7. The smallest absolute Gasteiger partial charge is 0.273 e. The molecule has 9 heteroatoms. The lowest BCUT2D eigenvalue weighted by molar-refractivity contribution is -0.384. The van der Waals surface area contributed by atoms with Crippen molar-refractivity contribution in [2.45, 2.75) is 19.9 Å². The number of Topliss-reactive ketones (excluding diaryl/α,β-unsaturated/α-hetero) is 2. The first-order valence-electron chi connectivity index (χ1n) is 5.32. The van der Waals surface area contributed by atoms with Gasteiger partial charge in [0.1, 0.15) is 5.69 Å². The summed E-state index contributed by atoms with van der Waals surface area (Å²) in [6.07, 6.45) is 0. The van der Waals surface area contributed by atoms with Crippen molar-refractivity contribution in [3.05, 3.63) is 27.3 Å². The lowest BCUT2D eigenvalue weighted by Crippen LogP contribution is -2.23. The molecule has 0 aliphatic rings. The molecular formula is C11H10ClN3O5. The van der Waals surface area contributed by atoms with Crippen molar-refractivity contribution < 1.29 is 19.6 Å². The van der Waals surface area contributed by atoms with Gasteiger partial charge in [-0.25, -0.2) is 0 Å². The van der Waals surface area contributed by atoms with E-state index in [0.29, 0.717) is 0 Å². The molecule has 0 spiro atoms. The number of carbonyl (C=O) groups excluding carboxylic acids is 2. The third kappa shape index (κ3) is 3.58. The second kappa shape index (κ2) is 6.20. The van der Waals surface area contributed by atoms with Gasteiger partial charge >= 0.3 is 0 Å². The number of hydrogen-bond acceptors (Lipinski definition) is 7. The van der Waals surface area contributed by atoms with Crippen molar-refractivity contribution in [1.29, 1.82) is 0 Å². The van der Waals surface area contributed by atoms with Crippen LogP contribution in [-0.4, -0.2) is 27.6 Å². The molecule has 0 amide bonds. The molecule has 0 atom stereocenters. The zero-order chi connectivity index (χ0) is 15.4. The number of ketones is 2. The van der Waals surface area contributed by atoms with Crippen LogP contribution >= 0.6 is 11.6 Å². The van der Waals surface area contributed by atoms with Crippen LogP contribution in [0.25, 0.3) is 0 Å². The molecule has 106 valence electrons. The molecule has 0 heterocycles. The fraction of sp³-hybridized carbons (Fsp3) is 0.273. The van der Waals surface area contributed by atoms with Gasteiger partial charge in [-0.3, -0.25) is 19.7 Å². The van der Waals surface area contributed by atoms with Crippen LogP contribution in [0.3, 0.4) is 0 Å². The number of phenols is 1. The van der Waals surface area contributed by atoms with Gasteiger partial charge in [0.05, 0.1) is 9.95 Å². The molecule has 0 saturated heterocycles. The number of azo groups is 1. The minimum absolute atomic E-state index is 0.282. The zero-order valence-corrected chi connectivity index (χ0v) is 11.3. The average Bonchev–Trinajstić information content (AvgIpc) is 2.33. The summed E-state index contributed by atoms with van der Waals surface area (Å²) in [6, 6.07) is 0.568. The van der Waals surface area contributed by atoms with Crippen LogP contribution in [0, 0.1) is 10.1 Å². The van der Waals surface area contributed by atoms with Crippen molar-refractivity contribution >= 4 is 34.5 Å². The Morgan fingerprint density at radius 3 is 2.35 bits per heavy atom. The molecule has 1 aromatic rings. The number of rotatable bonds is 5. The molecule has 0 aromatic heterocycles. The largest absolute Gasteiger partial charge is 0.504 e. The average molecular weight is 300 g/mol. The monoisotopic (exact) mass is 299 g/mol. The molecule has 1 rings (SSSR count). The maximum atomic E-state index is 11.2. The Balaban J connectivity index is 3.23. The van der Waals surface area contributed by atoms with Gasteiger partial charge in [-0.1, -0.05) is 11.6 Å². The number of aromatic hydroxyl groups is 1. The van der Waals surface area contributed by atoms with Crippen molar-refractivity contribution in [2.24, 2.45) is 10.2 Å². The van der Waals surface area contributed by atoms with E-state index in [9.17, 15) is 24.8 Å². The van der Waals surface area contributed by atoms with E-state index in [1.165, 1.54) is 0 Å². The normalized spacial score (nSPS) is 11.0. The Morgan fingerprint density at radius 1 is 1.35 bits per heavy atom. The minimum atomic E-state index is -1.31. The molecule has 0 aliphatic carbocycles. The van der Waals surface area contributed by atoms with Crippen LogP contribution in [0.15, 0.2) is 22.4 Å². The predicted octanol–water partition coefficient (Wildman–Crippen LogP) is 2.58. The standard InChI is InChI=1S/C11H10ClN3O5/c1-5(16)10(6(2)17)14-13-9-4-7(15(19)20)3-8(12)11(9)18/h3-4,10,18H,1-2H3. The third-order valence-corrected chi connectivity index (χ3v) is 2.58. The van der Waals surface area contributed by atoms with Crippen LogP contribution < -0.4 is 0 Å². The van der Waals surface area contributed by atoms with Gasteiger partial charge in [-0.05, 0) is 13.8 Å². The van der Waals surface area contributed by atoms with Crippen LogP contribution in [0.4, 0.5) is 11.4 Å². The fourth-order valence-corrected chi connectivity index (χ4v) is 1.53. The van der Waals surface area contributed by atoms with Gasteiger partial charge in [0.25, 0.3) is 5.69 Å². The highest BCUT2D eigenvalue weighted by Gasteiger charge is 2.20. The molecule has 0 unspecified atom stereocenters. The van der Waals surface area contributed by atoms with Crippen LogP contribution in [0.5, 0.6) is 5.75 Å². The van der Waals surface area contributed by atoms with Crippen molar-refractivity contribution in [3.63, 3.8) is 0 Å². The van der Waals surface area contributed by atoms with E-state index in [1.54, 1.807) is 0 Å². The van der Waals surface area contributed by atoms with Crippen molar-refractivity contribution in [3.8, 4) is 5.75 Å². The van der Waals surface area contributed by atoms with Gasteiger partial charge in [-0.15, -0.1) is 0 Å². The molecule has 0 fully saturated rings. The topological polar surface area (TPSA) is 122 Å². The highest BCUT2D eigenvalue weighted by atomic mass is 35.5. The molecule has 0 bridgehead atoms. The van der Waals surface area contributed by atoms with E-state index in [1.807, 2.05) is 0 Å². The maximum Gasteiger partial charge on any atom is 0.273 e. The van der Waals surface area contributed by atoms with E-state index in [0.717, 1.165) is 26.0 Å². The van der Waals surface area contributed by atoms with Gasteiger partial charge in [0, 0.05) is 12.1 Å². The van der Waals surface area contributed by atoms with Crippen molar-refractivity contribution in [2.75, 3.05) is 0 Å². The molecule has 1 aromatic carbocycles. The van der Waals surface area contributed by atoms with Gasteiger partial charge in [0.15, 0.2) is 23.4 Å². The molecule has 8 nitrogen and oxygen atoms in total. The van der Waals surface area contributed by atoms with Crippen LogP contribution in [0.2, 0.25) is 5.02 Å². The summed E-state index contributed by atoms with van der Waals surface area (Å²) in [6.45, 7) is 2.32. The van der Waals surface area contributed by atoms with E-state index < -0.39 is 34.0 Å². The van der Waals surface area contributed by atoms with Gasteiger partial charge in [0.2, 0.25) is 0 Å². The fourth-order valence-electron chi connectivity index (χ4n) is 1.32. The second-order valence-electron chi connectivity index (χ2n) is 3.89. The Labute approximate surface area is 118 Å². The first-order valence-corrected chi connectivity index (χ1v) is 5.70. The third-order valence-electron chi connectivity index (χ3n) is 2.29.